The van der Waals surface area contributed by atoms with Gasteiger partial charge < -0.3 is 5.32 Å². The van der Waals surface area contributed by atoms with Crippen molar-refractivity contribution in [3.63, 3.8) is 0 Å². The minimum absolute atomic E-state index is 0.253. The average molecular weight is 367 g/mol. The van der Waals surface area contributed by atoms with Crippen LogP contribution in [0.3, 0.4) is 0 Å². The highest BCUT2D eigenvalue weighted by Crippen LogP contribution is 2.30. The van der Waals surface area contributed by atoms with Crippen molar-refractivity contribution < 1.29 is 0 Å². The number of benzene rings is 2. The first-order valence-corrected chi connectivity index (χ1v) is 8.43. The van der Waals surface area contributed by atoms with E-state index in [0.29, 0.717) is 0 Å². The van der Waals surface area contributed by atoms with Crippen molar-refractivity contribution in [3.05, 3.63) is 68.1 Å². The van der Waals surface area contributed by atoms with Crippen LogP contribution in [0.2, 0.25) is 5.02 Å². The predicted octanol–water partition coefficient (Wildman–Crippen LogP) is 5.61. The maximum Gasteiger partial charge on any atom is 0.0410 e. The zero-order valence-electron chi connectivity index (χ0n) is 12.7. The van der Waals surface area contributed by atoms with Crippen LogP contribution in [0.5, 0.6) is 0 Å². The Hall–Kier alpha value is -0.830. The number of nitrogens with one attached hydrogen (secondary N) is 1. The molecule has 0 saturated heterocycles. The molecule has 0 aliphatic rings. The maximum atomic E-state index is 6.18. The Morgan fingerprint density at radius 3 is 2.43 bits per heavy atom. The van der Waals surface area contributed by atoms with Gasteiger partial charge in [-0.05, 0) is 67.3 Å². The SMILES string of the molecule is CCNC(Cc1c(C)cccc1C)c1cc(Cl)ccc1Br. The van der Waals surface area contributed by atoms with Crippen molar-refractivity contribution in [1.82, 2.24) is 5.32 Å². The quantitative estimate of drug-likeness (QED) is 0.725. The van der Waals surface area contributed by atoms with E-state index in [1.165, 1.54) is 22.3 Å². The summed E-state index contributed by atoms with van der Waals surface area (Å²) < 4.78 is 1.10. The van der Waals surface area contributed by atoms with E-state index in [1.54, 1.807) is 0 Å². The molecule has 0 radical (unpaired) electrons. The van der Waals surface area contributed by atoms with Crippen LogP contribution in [0.4, 0.5) is 0 Å². The van der Waals surface area contributed by atoms with Gasteiger partial charge in [0, 0.05) is 15.5 Å². The lowest BCUT2D eigenvalue weighted by Gasteiger charge is -2.22. The molecular weight excluding hydrogens is 346 g/mol. The van der Waals surface area contributed by atoms with Crippen LogP contribution < -0.4 is 5.32 Å². The van der Waals surface area contributed by atoms with Gasteiger partial charge >= 0.3 is 0 Å². The Morgan fingerprint density at radius 1 is 1.14 bits per heavy atom. The van der Waals surface area contributed by atoms with Crippen LogP contribution in [0.15, 0.2) is 40.9 Å². The minimum atomic E-state index is 0.253. The molecule has 2 aromatic rings. The van der Waals surface area contributed by atoms with Gasteiger partial charge in [0.1, 0.15) is 0 Å². The van der Waals surface area contributed by atoms with Crippen LogP contribution in [0, 0.1) is 13.8 Å². The number of aryl methyl sites for hydroxylation is 2. The molecule has 1 N–H and O–H groups in total. The summed E-state index contributed by atoms with van der Waals surface area (Å²) in [5, 5.41) is 4.36. The molecule has 112 valence electrons. The van der Waals surface area contributed by atoms with Gasteiger partial charge in [-0.1, -0.05) is 52.7 Å². The first-order chi connectivity index (χ1) is 10.0. The predicted molar refractivity (Wildman–Crippen MR) is 95.2 cm³/mol. The summed E-state index contributed by atoms with van der Waals surface area (Å²) >= 11 is 9.83. The highest BCUT2D eigenvalue weighted by Gasteiger charge is 2.16. The molecular formula is C18H21BrClN. The van der Waals surface area contributed by atoms with E-state index in [4.69, 9.17) is 11.6 Å². The van der Waals surface area contributed by atoms with E-state index >= 15 is 0 Å². The summed E-state index contributed by atoms with van der Waals surface area (Å²) in [6.45, 7) is 7.42. The molecule has 0 aromatic heterocycles. The fourth-order valence-electron chi connectivity index (χ4n) is 2.70. The third-order valence-electron chi connectivity index (χ3n) is 3.84. The lowest BCUT2D eigenvalue weighted by molar-refractivity contribution is 0.546. The molecule has 0 amide bonds. The van der Waals surface area contributed by atoms with Crippen LogP contribution in [-0.2, 0) is 6.42 Å². The van der Waals surface area contributed by atoms with Crippen LogP contribution in [-0.4, -0.2) is 6.54 Å². The van der Waals surface area contributed by atoms with Crippen molar-refractivity contribution in [2.45, 2.75) is 33.2 Å². The minimum Gasteiger partial charge on any atom is -0.310 e. The average Bonchev–Trinajstić information content (AvgIpc) is 2.44. The molecule has 1 nitrogen and oxygen atoms in total. The highest BCUT2D eigenvalue weighted by molar-refractivity contribution is 9.10. The van der Waals surface area contributed by atoms with E-state index in [-0.39, 0.29) is 6.04 Å². The van der Waals surface area contributed by atoms with Gasteiger partial charge in [0.15, 0.2) is 0 Å². The zero-order valence-corrected chi connectivity index (χ0v) is 15.1. The van der Waals surface area contributed by atoms with Crippen LogP contribution in [0.25, 0.3) is 0 Å². The van der Waals surface area contributed by atoms with E-state index < -0.39 is 0 Å². The molecule has 0 bridgehead atoms. The molecule has 0 aliphatic carbocycles. The van der Waals surface area contributed by atoms with Gasteiger partial charge in [0.05, 0.1) is 0 Å². The molecule has 0 spiro atoms. The lowest BCUT2D eigenvalue weighted by atomic mass is 9.93. The molecule has 0 saturated carbocycles. The molecule has 1 unspecified atom stereocenters. The zero-order chi connectivity index (χ0) is 15.4. The Labute approximate surface area is 140 Å². The van der Waals surface area contributed by atoms with Crippen molar-refractivity contribution in [1.29, 1.82) is 0 Å². The van der Waals surface area contributed by atoms with Crippen LogP contribution in [0.1, 0.15) is 35.2 Å². The third-order valence-corrected chi connectivity index (χ3v) is 4.79. The second kappa shape index (κ2) is 7.44. The van der Waals surface area contributed by atoms with E-state index in [9.17, 15) is 0 Å². The fraction of sp³-hybridized carbons (Fsp3) is 0.333. The number of rotatable bonds is 5. The van der Waals surface area contributed by atoms with Crippen LogP contribution >= 0.6 is 27.5 Å². The molecule has 0 fully saturated rings. The van der Waals surface area contributed by atoms with E-state index in [1.807, 2.05) is 18.2 Å². The van der Waals surface area contributed by atoms with Crippen molar-refractivity contribution >= 4 is 27.5 Å². The van der Waals surface area contributed by atoms with Crippen molar-refractivity contribution in [2.75, 3.05) is 6.54 Å². The molecule has 1 atom stereocenters. The van der Waals surface area contributed by atoms with Gasteiger partial charge in [0.25, 0.3) is 0 Å². The molecule has 2 rings (SSSR count). The lowest BCUT2D eigenvalue weighted by Crippen LogP contribution is -2.24. The monoisotopic (exact) mass is 365 g/mol. The largest absolute Gasteiger partial charge is 0.310 e. The van der Waals surface area contributed by atoms with Gasteiger partial charge in [-0.3, -0.25) is 0 Å². The summed E-state index contributed by atoms with van der Waals surface area (Å²) in [7, 11) is 0. The molecule has 0 aliphatic heterocycles. The van der Waals surface area contributed by atoms with Gasteiger partial charge in [0.2, 0.25) is 0 Å². The smallest absolute Gasteiger partial charge is 0.0410 e. The number of halogens is 2. The first kappa shape index (κ1) is 16.5. The van der Waals surface area contributed by atoms with Gasteiger partial charge in [-0.2, -0.15) is 0 Å². The summed E-state index contributed by atoms with van der Waals surface area (Å²) in [6, 6.07) is 12.7. The first-order valence-electron chi connectivity index (χ1n) is 7.26. The summed E-state index contributed by atoms with van der Waals surface area (Å²) in [5.74, 6) is 0. The second-order valence-corrected chi connectivity index (χ2v) is 6.64. The topological polar surface area (TPSA) is 12.0 Å². The molecule has 3 heteroatoms. The fourth-order valence-corrected chi connectivity index (χ4v) is 3.40. The molecule has 2 aromatic carbocycles. The summed E-state index contributed by atoms with van der Waals surface area (Å²) in [6.07, 6.45) is 0.964. The highest BCUT2D eigenvalue weighted by atomic mass is 79.9. The Bertz CT molecular complexity index is 604. The van der Waals surface area contributed by atoms with E-state index in [2.05, 4.69) is 60.2 Å². The standard InChI is InChI=1S/C18H21BrClN/c1-4-21-18(16-10-14(20)8-9-17(16)19)11-15-12(2)6-5-7-13(15)3/h5-10,18,21H,4,11H2,1-3H3. The summed E-state index contributed by atoms with van der Waals surface area (Å²) in [5.41, 5.74) is 5.31. The molecule has 0 heterocycles. The Balaban J connectivity index is 2.38. The Morgan fingerprint density at radius 2 is 1.81 bits per heavy atom. The number of hydrogen-bond acceptors (Lipinski definition) is 1. The maximum absolute atomic E-state index is 6.18. The second-order valence-electron chi connectivity index (χ2n) is 5.35. The number of hydrogen-bond donors (Lipinski definition) is 1. The van der Waals surface area contributed by atoms with Crippen molar-refractivity contribution in [3.8, 4) is 0 Å². The third kappa shape index (κ3) is 4.09. The summed E-state index contributed by atoms with van der Waals surface area (Å²) in [4.78, 5) is 0. The Kier molecular flexibility index (Phi) is 5.86. The van der Waals surface area contributed by atoms with Crippen molar-refractivity contribution in [2.24, 2.45) is 0 Å². The normalized spacial score (nSPS) is 12.4. The van der Waals surface area contributed by atoms with E-state index in [0.717, 1.165) is 22.5 Å². The van der Waals surface area contributed by atoms with Gasteiger partial charge in [-0.25, -0.2) is 0 Å². The van der Waals surface area contributed by atoms with Gasteiger partial charge in [-0.15, -0.1) is 0 Å². The molecule has 21 heavy (non-hydrogen) atoms. The number of likely N-dealkylation sites (N-methyl/N-ethyl adjacent to an activating group) is 1.